The fraction of sp³-hybridized carbons (Fsp3) is 0.278. The van der Waals surface area contributed by atoms with Crippen LogP contribution in [0.4, 0.5) is 5.69 Å². The van der Waals surface area contributed by atoms with E-state index in [-0.39, 0.29) is 5.91 Å². The first-order chi connectivity index (χ1) is 11.6. The van der Waals surface area contributed by atoms with Gasteiger partial charge in [0.25, 0.3) is 5.91 Å². The quantitative estimate of drug-likeness (QED) is 0.844. The molecule has 24 heavy (non-hydrogen) atoms. The van der Waals surface area contributed by atoms with E-state index in [2.05, 4.69) is 5.32 Å². The number of amides is 1. The molecule has 2 aromatic rings. The van der Waals surface area contributed by atoms with Gasteiger partial charge in [-0.15, -0.1) is 0 Å². The first-order valence-corrected chi connectivity index (χ1v) is 7.41. The average molecular weight is 331 g/mol. The molecule has 0 aliphatic carbocycles. The zero-order valence-corrected chi connectivity index (χ0v) is 14.2. The Morgan fingerprint density at radius 3 is 2.29 bits per heavy atom. The van der Waals surface area contributed by atoms with E-state index < -0.39 is 6.10 Å². The number of methoxy groups -OCH3 is 3. The van der Waals surface area contributed by atoms with Gasteiger partial charge in [-0.05, 0) is 31.2 Å². The number of ether oxygens (including phenoxy) is 4. The molecule has 0 aromatic heterocycles. The second-order valence-electron chi connectivity index (χ2n) is 5.00. The Hall–Kier alpha value is -2.89. The number of hydrogen-bond acceptors (Lipinski definition) is 5. The summed E-state index contributed by atoms with van der Waals surface area (Å²) in [4.78, 5) is 12.3. The second kappa shape index (κ2) is 8.10. The Bertz CT molecular complexity index is 702. The highest BCUT2D eigenvalue weighted by Gasteiger charge is 2.16. The maximum absolute atomic E-state index is 12.3. The van der Waals surface area contributed by atoms with Crippen LogP contribution in [0.25, 0.3) is 0 Å². The number of rotatable bonds is 7. The average Bonchev–Trinajstić information content (AvgIpc) is 2.61. The van der Waals surface area contributed by atoms with Gasteiger partial charge in [0.15, 0.2) is 17.6 Å². The first-order valence-electron chi connectivity index (χ1n) is 7.41. The number of carbonyl (C=O) groups is 1. The highest BCUT2D eigenvalue weighted by atomic mass is 16.5. The third-order valence-electron chi connectivity index (χ3n) is 3.37. The summed E-state index contributed by atoms with van der Waals surface area (Å²) in [6.07, 6.45) is -0.676. The molecule has 0 unspecified atom stereocenters. The summed E-state index contributed by atoms with van der Waals surface area (Å²) in [5.74, 6) is 2.09. The molecule has 1 amide bonds. The van der Waals surface area contributed by atoms with Crippen LogP contribution in [0, 0.1) is 0 Å². The predicted molar refractivity (Wildman–Crippen MR) is 91.3 cm³/mol. The van der Waals surface area contributed by atoms with Crippen molar-refractivity contribution in [2.45, 2.75) is 13.0 Å². The van der Waals surface area contributed by atoms with Crippen LogP contribution in [0.1, 0.15) is 6.92 Å². The van der Waals surface area contributed by atoms with Crippen molar-refractivity contribution in [1.29, 1.82) is 0 Å². The van der Waals surface area contributed by atoms with Crippen molar-refractivity contribution < 1.29 is 23.7 Å². The van der Waals surface area contributed by atoms with Crippen molar-refractivity contribution in [3.63, 3.8) is 0 Å². The molecule has 0 saturated heterocycles. The van der Waals surface area contributed by atoms with E-state index in [1.807, 2.05) is 0 Å². The Balaban J connectivity index is 2.03. The minimum Gasteiger partial charge on any atom is -0.497 e. The normalized spacial score (nSPS) is 11.3. The van der Waals surface area contributed by atoms with Crippen LogP contribution in [0.2, 0.25) is 0 Å². The molecule has 6 heteroatoms. The van der Waals surface area contributed by atoms with Gasteiger partial charge in [0.05, 0.1) is 21.3 Å². The van der Waals surface area contributed by atoms with Crippen molar-refractivity contribution in [2.24, 2.45) is 0 Å². The highest BCUT2D eigenvalue weighted by Crippen LogP contribution is 2.29. The van der Waals surface area contributed by atoms with Crippen molar-refractivity contribution in [1.82, 2.24) is 0 Å². The molecule has 2 aromatic carbocycles. The van der Waals surface area contributed by atoms with E-state index in [0.717, 1.165) is 0 Å². The minimum absolute atomic E-state index is 0.273. The molecular weight excluding hydrogens is 310 g/mol. The number of benzene rings is 2. The Morgan fingerprint density at radius 1 is 0.917 bits per heavy atom. The summed E-state index contributed by atoms with van der Waals surface area (Å²) in [6, 6.07) is 12.2. The van der Waals surface area contributed by atoms with Crippen LogP contribution in [0.5, 0.6) is 23.0 Å². The molecule has 0 spiro atoms. The number of hydrogen-bond donors (Lipinski definition) is 1. The molecule has 6 nitrogen and oxygen atoms in total. The molecule has 128 valence electrons. The van der Waals surface area contributed by atoms with Crippen molar-refractivity contribution in [3.8, 4) is 23.0 Å². The third kappa shape index (κ3) is 4.32. The smallest absolute Gasteiger partial charge is 0.265 e. The Labute approximate surface area is 141 Å². The van der Waals surface area contributed by atoms with E-state index >= 15 is 0 Å². The van der Waals surface area contributed by atoms with Crippen LogP contribution >= 0.6 is 0 Å². The molecule has 0 radical (unpaired) electrons. The molecule has 2 rings (SSSR count). The van der Waals surface area contributed by atoms with Gasteiger partial charge in [-0.25, -0.2) is 0 Å². The lowest BCUT2D eigenvalue weighted by molar-refractivity contribution is -0.122. The van der Waals surface area contributed by atoms with Crippen molar-refractivity contribution in [2.75, 3.05) is 26.6 Å². The van der Waals surface area contributed by atoms with E-state index in [4.69, 9.17) is 18.9 Å². The van der Waals surface area contributed by atoms with Gasteiger partial charge in [-0.2, -0.15) is 0 Å². The minimum atomic E-state index is -0.676. The van der Waals surface area contributed by atoms with E-state index in [1.54, 1.807) is 63.6 Å². The lowest BCUT2D eigenvalue weighted by Gasteiger charge is -2.16. The van der Waals surface area contributed by atoms with Crippen molar-refractivity contribution >= 4 is 11.6 Å². The van der Waals surface area contributed by atoms with Gasteiger partial charge < -0.3 is 24.3 Å². The molecule has 0 saturated carbocycles. The summed E-state index contributed by atoms with van der Waals surface area (Å²) >= 11 is 0. The third-order valence-corrected chi connectivity index (χ3v) is 3.37. The summed E-state index contributed by atoms with van der Waals surface area (Å²) in [6.45, 7) is 1.68. The fourth-order valence-corrected chi connectivity index (χ4v) is 2.09. The molecule has 0 aliphatic heterocycles. The van der Waals surface area contributed by atoms with Gasteiger partial charge in [-0.1, -0.05) is 6.07 Å². The van der Waals surface area contributed by atoms with Gasteiger partial charge >= 0.3 is 0 Å². The maximum Gasteiger partial charge on any atom is 0.265 e. The number of anilines is 1. The number of carbonyl (C=O) groups excluding carboxylic acids is 1. The lowest BCUT2D eigenvalue weighted by atomic mass is 10.2. The fourth-order valence-electron chi connectivity index (χ4n) is 2.09. The zero-order chi connectivity index (χ0) is 17.5. The molecular formula is C18H21NO5. The summed E-state index contributed by atoms with van der Waals surface area (Å²) in [7, 11) is 4.67. The molecule has 1 N–H and O–H groups in total. The van der Waals surface area contributed by atoms with Crippen LogP contribution in [-0.4, -0.2) is 33.3 Å². The van der Waals surface area contributed by atoms with Crippen LogP contribution in [0.15, 0.2) is 42.5 Å². The molecule has 0 bridgehead atoms. The van der Waals surface area contributed by atoms with Crippen LogP contribution in [0.3, 0.4) is 0 Å². The van der Waals surface area contributed by atoms with Gasteiger partial charge in [0.1, 0.15) is 11.5 Å². The summed E-state index contributed by atoms with van der Waals surface area (Å²) in [5.41, 5.74) is 0.596. The van der Waals surface area contributed by atoms with E-state index in [1.165, 1.54) is 7.11 Å². The van der Waals surface area contributed by atoms with Gasteiger partial charge in [-0.3, -0.25) is 4.79 Å². The SMILES string of the molecule is COc1cccc(O[C@@H](C)C(=O)Nc2ccc(OC)c(OC)c2)c1. The molecule has 0 fully saturated rings. The maximum atomic E-state index is 12.3. The van der Waals surface area contributed by atoms with Gasteiger partial charge in [0, 0.05) is 17.8 Å². The van der Waals surface area contributed by atoms with E-state index in [9.17, 15) is 4.79 Å². The topological polar surface area (TPSA) is 66.0 Å². The Morgan fingerprint density at radius 2 is 1.62 bits per heavy atom. The summed E-state index contributed by atoms with van der Waals surface area (Å²) in [5, 5.41) is 2.79. The zero-order valence-electron chi connectivity index (χ0n) is 14.2. The number of nitrogens with one attached hydrogen (secondary N) is 1. The van der Waals surface area contributed by atoms with Gasteiger partial charge in [0.2, 0.25) is 0 Å². The largest absolute Gasteiger partial charge is 0.497 e. The highest BCUT2D eigenvalue weighted by molar-refractivity contribution is 5.94. The second-order valence-corrected chi connectivity index (χ2v) is 5.00. The molecule has 0 aliphatic rings. The van der Waals surface area contributed by atoms with Crippen LogP contribution in [-0.2, 0) is 4.79 Å². The van der Waals surface area contributed by atoms with Crippen LogP contribution < -0.4 is 24.3 Å². The first kappa shape index (κ1) is 17.5. The monoisotopic (exact) mass is 331 g/mol. The predicted octanol–water partition coefficient (Wildman–Crippen LogP) is 3.12. The Kier molecular flexibility index (Phi) is 5.89. The standard InChI is InChI=1S/C18H21NO5/c1-12(24-15-7-5-6-14(11-15)21-2)18(20)19-13-8-9-16(22-3)17(10-13)23-4/h5-12H,1-4H3,(H,19,20)/t12-/m0/s1. The van der Waals surface area contributed by atoms with E-state index in [0.29, 0.717) is 28.7 Å². The molecule has 1 atom stereocenters. The van der Waals surface area contributed by atoms with Crippen molar-refractivity contribution in [3.05, 3.63) is 42.5 Å². The lowest BCUT2D eigenvalue weighted by Crippen LogP contribution is -2.30. The summed E-state index contributed by atoms with van der Waals surface area (Å²) < 4.78 is 21.2. The molecule has 0 heterocycles.